The largest absolute Gasteiger partial charge is 0.404 e. The summed E-state index contributed by atoms with van der Waals surface area (Å²) in [5.74, 6) is -1.91. The van der Waals surface area contributed by atoms with Gasteiger partial charge in [0.05, 0.1) is 5.56 Å². The van der Waals surface area contributed by atoms with Crippen LogP contribution in [-0.4, -0.2) is 73.0 Å². The van der Waals surface area contributed by atoms with Crippen LogP contribution in [0.2, 0.25) is 5.15 Å². The van der Waals surface area contributed by atoms with E-state index in [2.05, 4.69) is 16.8 Å². The third kappa shape index (κ3) is 7.34. The van der Waals surface area contributed by atoms with Gasteiger partial charge in [-0.2, -0.15) is 13.2 Å². The van der Waals surface area contributed by atoms with Gasteiger partial charge in [-0.15, -0.1) is 0 Å². The molecule has 0 N–H and O–H groups in total. The van der Waals surface area contributed by atoms with Crippen molar-refractivity contribution in [2.45, 2.75) is 64.5 Å². The average Bonchev–Trinajstić information content (AvgIpc) is 2.92. The Kier molecular flexibility index (Phi) is 9.56. The second-order valence-corrected chi connectivity index (χ2v) is 12.4. The first-order chi connectivity index (χ1) is 19.3. The van der Waals surface area contributed by atoms with Crippen molar-refractivity contribution in [3.63, 3.8) is 0 Å². The average molecular weight is 593 g/mol. The molecule has 0 spiro atoms. The lowest BCUT2D eigenvalue weighted by Gasteiger charge is -2.43. The summed E-state index contributed by atoms with van der Waals surface area (Å²) >= 11 is 6.31. The highest BCUT2D eigenvalue weighted by Gasteiger charge is 2.48. The highest BCUT2D eigenvalue weighted by molar-refractivity contribution is 6.32. The number of halogens is 4. The Morgan fingerprint density at radius 1 is 1.10 bits per heavy atom. The molecule has 2 aliphatic heterocycles. The summed E-state index contributed by atoms with van der Waals surface area (Å²) in [5.41, 5.74) is 1.17. The quantitative estimate of drug-likeness (QED) is 0.341. The number of alkyl halides is 3. The van der Waals surface area contributed by atoms with E-state index in [9.17, 15) is 22.8 Å². The number of benzene rings is 1. The Bertz CT molecular complexity index is 1240. The first-order valence-electron chi connectivity index (χ1n) is 14.4. The van der Waals surface area contributed by atoms with Crippen LogP contribution in [0.3, 0.4) is 0 Å². The highest BCUT2D eigenvalue weighted by atomic mass is 35.5. The van der Waals surface area contributed by atoms with Gasteiger partial charge in [0.1, 0.15) is 11.0 Å². The number of amides is 2. The van der Waals surface area contributed by atoms with Crippen molar-refractivity contribution >= 4 is 29.2 Å². The molecule has 1 aromatic heterocycles. The smallest absolute Gasteiger partial charge is 0.357 e. The van der Waals surface area contributed by atoms with Crippen molar-refractivity contribution in [3.8, 4) is 0 Å². The van der Waals surface area contributed by atoms with Crippen molar-refractivity contribution in [2.24, 2.45) is 11.3 Å². The maximum Gasteiger partial charge on any atom is 0.404 e. The number of aryl methyl sites for hydroxylation is 1. The number of aromatic nitrogens is 1. The second-order valence-electron chi connectivity index (χ2n) is 12.1. The van der Waals surface area contributed by atoms with Gasteiger partial charge in [0, 0.05) is 40.3 Å². The summed E-state index contributed by atoms with van der Waals surface area (Å²) in [6.07, 6.45) is 0.281. The number of hydrogen-bond donors (Lipinski definition) is 0. The minimum atomic E-state index is -4.64. The molecule has 1 atom stereocenters. The van der Waals surface area contributed by atoms with Crippen LogP contribution in [-0.2, 0) is 11.2 Å². The molecule has 2 fully saturated rings. The number of anilines is 1. The predicted molar refractivity (Wildman–Crippen MR) is 155 cm³/mol. The van der Waals surface area contributed by atoms with E-state index in [0.717, 1.165) is 43.7 Å². The van der Waals surface area contributed by atoms with E-state index >= 15 is 0 Å². The molecule has 2 amide bonds. The van der Waals surface area contributed by atoms with E-state index in [4.69, 9.17) is 11.6 Å². The van der Waals surface area contributed by atoms with E-state index in [1.165, 1.54) is 21.9 Å². The monoisotopic (exact) mass is 592 g/mol. The SMILES string of the molecule is CCc1cccc(C(C(=O)N2CCC(C)(CC3CCN(c4ccc(C(=O)N(C)C)c(Cl)n4)CC3)CC2)C(F)(F)F)c1. The minimum Gasteiger partial charge on any atom is -0.357 e. The lowest BCUT2D eigenvalue weighted by atomic mass is 9.71. The first kappa shape index (κ1) is 31.1. The Labute approximate surface area is 245 Å². The molecular weight excluding hydrogens is 553 g/mol. The minimum absolute atomic E-state index is 0.0186. The molecule has 0 radical (unpaired) electrons. The maximum atomic E-state index is 14.1. The molecule has 6 nitrogen and oxygen atoms in total. The van der Waals surface area contributed by atoms with Crippen LogP contribution in [0.4, 0.5) is 19.0 Å². The molecule has 224 valence electrons. The summed E-state index contributed by atoms with van der Waals surface area (Å²) in [4.78, 5) is 35.0. The normalized spacial score (nSPS) is 18.7. The number of pyridine rings is 1. The second kappa shape index (κ2) is 12.6. The molecule has 0 bridgehead atoms. The standard InChI is InChI=1S/C31H40ClF3N4O2/c1-5-21-7-6-8-23(19-21)26(31(33,34)35)29(41)39-17-13-30(2,14-18-39)20-22-11-15-38(16-12-22)25-10-9-24(27(32)36-25)28(40)37(3)4/h6-10,19,22,26H,5,11-18,20H2,1-4H3. The van der Waals surface area contributed by atoms with E-state index < -0.39 is 18.0 Å². The van der Waals surface area contributed by atoms with Crippen molar-refractivity contribution in [1.29, 1.82) is 0 Å². The molecule has 2 saturated heterocycles. The molecule has 0 saturated carbocycles. The molecule has 1 unspecified atom stereocenters. The van der Waals surface area contributed by atoms with Gasteiger partial charge in [0.25, 0.3) is 5.91 Å². The zero-order valence-corrected chi connectivity index (χ0v) is 25.1. The zero-order valence-electron chi connectivity index (χ0n) is 24.3. The number of rotatable bonds is 7. The Hall–Kier alpha value is -2.81. The van der Waals surface area contributed by atoms with Crippen molar-refractivity contribution in [1.82, 2.24) is 14.8 Å². The van der Waals surface area contributed by atoms with Crippen molar-refractivity contribution in [3.05, 3.63) is 58.2 Å². The summed E-state index contributed by atoms with van der Waals surface area (Å²) in [7, 11) is 3.34. The number of likely N-dealkylation sites (tertiary alicyclic amines) is 1. The van der Waals surface area contributed by atoms with E-state index in [0.29, 0.717) is 43.8 Å². The fourth-order valence-corrected chi connectivity index (χ4v) is 6.41. The molecule has 4 rings (SSSR count). The van der Waals surface area contributed by atoms with E-state index in [-0.39, 0.29) is 22.0 Å². The van der Waals surface area contributed by atoms with Gasteiger partial charge >= 0.3 is 6.18 Å². The third-order valence-corrected chi connectivity index (χ3v) is 9.03. The first-order valence-corrected chi connectivity index (χ1v) is 14.8. The van der Waals surface area contributed by atoms with Crippen LogP contribution in [0.5, 0.6) is 0 Å². The fraction of sp³-hybridized carbons (Fsp3) is 0.581. The fourth-order valence-electron chi connectivity index (χ4n) is 6.18. The van der Waals surface area contributed by atoms with Crippen LogP contribution < -0.4 is 4.90 Å². The van der Waals surface area contributed by atoms with Gasteiger partial charge in [0.2, 0.25) is 5.91 Å². The lowest BCUT2D eigenvalue weighted by Crippen LogP contribution is -2.47. The molecule has 0 aliphatic carbocycles. The number of nitrogens with zero attached hydrogens (tertiary/aromatic N) is 4. The van der Waals surface area contributed by atoms with Crippen LogP contribution in [0.25, 0.3) is 0 Å². The molecule has 3 heterocycles. The molecule has 1 aromatic carbocycles. The zero-order chi connectivity index (χ0) is 29.9. The Balaban J connectivity index is 1.32. The number of hydrogen-bond acceptors (Lipinski definition) is 4. The highest BCUT2D eigenvalue weighted by Crippen LogP contribution is 2.43. The van der Waals surface area contributed by atoms with Crippen LogP contribution >= 0.6 is 11.6 Å². The summed E-state index contributed by atoms with van der Waals surface area (Å²) in [6.45, 7) is 6.41. The third-order valence-electron chi connectivity index (χ3n) is 8.74. The van der Waals surface area contributed by atoms with Crippen molar-refractivity contribution in [2.75, 3.05) is 45.2 Å². The maximum absolute atomic E-state index is 14.1. The van der Waals surface area contributed by atoms with Crippen LogP contribution in [0.15, 0.2) is 36.4 Å². The van der Waals surface area contributed by atoms with E-state index in [1.54, 1.807) is 32.3 Å². The molecule has 2 aliphatic rings. The van der Waals surface area contributed by atoms with Gasteiger partial charge in [-0.1, -0.05) is 49.7 Å². The summed E-state index contributed by atoms with van der Waals surface area (Å²) < 4.78 is 42.3. The summed E-state index contributed by atoms with van der Waals surface area (Å²) in [6, 6.07) is 9.87. The van der Waals surface area contributed by atoms with Gasteiger partial charge in [-0.25, -0.2) is 4.98 Å². The molecule has 2 aromatic rings. The van der Waals surface area contributed by atoms with E-state index in [1.807, 2.05) is 13.0 Å². The molecular formula is C31H40ClF3N4O2. The topological polar surface area (TPSA) is 56.8 Å². The Morgan fingerprint density at radius 3 is 2.32 bits per heavy atom. The summed E-state index contributed by atoms with van der Waals surface area (Å²) in [5, 5.41) is 0.197. The number of carbonyl (C=O) groups excluding carboxylic acids is 2. The van der Waals surface area contributed by atoms with Gasteiger partial charge in [0.15, 0.2) is 5.92 Å². The Morgan fingerprint density at radius 2 is 1.76 bits per heavy atom. The van der Waals surface area contributed by atoms with Crippen LogP contribution in [0, 0.1) is 11.3 Å². The van der Waals surface area contributed by atoms with Crippen LogP contribution in [0.1, 0.15) is 73.4 Å². The van der Waals surface area contributed by atoms with Gasteiger partial charge < -0.3 is 14.7 Å². The lowest BCUT2D eigenvalue weighted by molar-refractivity contribution is -0.173. The molecule has 41 heavy (non-hydrogen) atoms. The van der Waals surface area contributed by atoms with Crippen molar-refractivity contribution < 1.29 is 22.8 Å². The molecule has 10 heteroatoms. The predicted octanol–water partition coefficient (Wildman–Crippen LogP) is 6.58. The van der Waals surface area contributed by atoms with Gasteiger partial charge in [-0.3, -0.25) is 9.59 Å². The van der Waals surface area contributed by atoms with Gasteiger partial charge in [-0.05, 0) is 73.1 Å². The number of carbonyl (C=O) groups is 2. The number of piperidine rings is 2.